The molecule has 0 atom stereocenters. The number of ether oxygens (including phenoxy) is 2. The summed E-state index contributed by atoms with van der Waals surface area (Å²) in [6, 6.07) is 11.1. The zero-order valence-corrected chi connectivity index (χ0v) is 16.1. The summed E-state index contributed by atoms with van der Waals surface area (Å²) in [4.78, 5) is 11.6. The van der Waals surface area contributed by atoms with Crippen LogP contribution in [0.3, 0.4) is 0 Å². The molecule has 140 valence electrons. The van der Waals surface area contributed by atoms with Crippen molar-refractivity contribution in [1.82, 2.24) is 0 Å². The van der Waals surface area contributed by atoms with Crippen LogP contribution in [0.4, 0.5) is 17.1 Å². The van der Waals surface area contributed by atoms with Crippen molar-refractivity contribution in [3.63, 3.8) is 0 Å². The molecule has 0 radical (unpaired) electrons. The molecule has 0 fully saturated rings. The number of anilines is 3. The summed E-state index contributed by atoms with van der Waals surface area (Å²) in [6.07, 6.45) is 0. The lowest BCUT2D eigenvalue weighted by Crippen LogP contribution is -2.07. The van der Waals surface area contributed by atoms with Gasteiger partial charge in [-0.1, -0.05) is 27.7 Å². The SMILES string of the molecule is COC(=O)c1ccc(Nc2ccc(OCC(C)C)c(C(C)C)c2)c(N)c1. The average molecular weight is 356 g/mol. The largest absolute Gasteiger partial charge is 0.493 e. The molecule has 0 heterocycles. The van der Waals surface area contributed by atoms with E-state index in [1.807, 2.05) is 12.1 Å². The second kappa shape index (κ2) is 8.61. The molecule has 0 aliphatic heterocycles. The lowest BCUT2D eigenvalue weighted by Gasteiger charge is -2.18. The van der Waals surface area contributed by atoms with Crippen molar-refractivity contribution >= 4 is 23.0 Å². The van der Waals surface area contributed by atoms with E-state index in [4.69, 9.17) is 15.2 Å². The van der Waals surface area contributed by atoms with Gasteiger partial charge in [0.15, 0.2) is 0 Å². The van der Waals surface area contributed by atoms with Gasteiger partial charge in [0.2, 0.25) is 0 Å². The van der Waals surface area contributed by atoms with Gasteiger partial charge in [0.1, 0.15) is 5.75 Å². The zero-order valence-electron chi connectivity index (χ0n) is 16.1. The van der Waals surface area contributed by atoms with E-state index in [1.54, 1.807) is 18.2 Å². The molecular weight excluding hydrogens is 328 g/mol. The second-order valence-electron chi connectivity index (χ2n) is 7.03. The third-order valence-corrected chi connectivity index (χ3v) is 3.96. The van der Waals surface area contributed by atoms with E-state index in [2.05, 4.69) is 39.1 Å². The van der Waals surface area contributed by atoms with Crippen LogP contribution in [0.2, 0.25) is 0 Å². The number of esters is 1. The Labute approximate surface area is 155 Å². The number of nitrogens with two attached hydrogens (primary N) is 1. The third kappa shape index (κ3) is 4.91. The van der Waals surface area contributed by atoms with Gasteiger partial charge in [-0.3, -0.25) is 0 Å². The molecule has 0 aliphatic rings. The van der Waals surface area contributed by atoms with E-state index in [0.29, 0.717) is 29.7 Å². The molecule has 0 bridgehead atoms. The van der Waals surface area contributed by atoms with Crippen molar-refractivity contribution in [2.75, 3.05) is 24.8 Å². The van der Waals surface area contributed by atoms with Gasteiger partial charge < -0.3 is 20.5 Å². The van der Waals surface area contributed by atoms with Gasteiger partial charge in [0, 0.05) is 5.69 Å². The summed E-state index contributed by atoms with van der Waals surface area (Å²) in [7, 11) is 1.35. The zero-order chi connectivity index (χ0) is 19.3. The van der Waals surface area contributed by atoms with Crippen LogP contribution in [0, 0.1) is 5.92 Å². The Balaban J connectivity index is 2.24. The van der Waals surface area contributed by atoms with Crippen LogP contribution < -0.4 is 15.8 Å². The van der Waals surface area contributed by atoms with Crippen LogP contribution in [0.5, 0.6) is 5.75 Å². The summed E-state index contributed by atoms with van der Waals surface area (Å²) >= 11 is 0. The molecule has 0 amide bonds. The summed E-state index contributed by atoms with van der Waals surface area (Å²) in [6.45, 7) is 9.23. The van der Waals surface area contributed by atoms with Gasteiger partial charge in [-0.25, -0.2) is 4.79 Å². The fraction of sp³-hybridized carbons (Fsp3) is 0.381. The number of hydrogen-bond donors (Lipinski definition) is 2. The lowest BCUT2D eigenvalue weighted by molar-refractivity contribution is 0.0601. The molecule has 26 heavy (non-hydrogen) atoms. The quantitative estimate of drug-likeness (QED) is 0.542. The van der Waals surface area contributed by atoms with Crippen molar-refractivity contribution in [2.45, 2.75) is 33.6 Å². The minimum Gasteiger partial charge on any atom is -0.493 e. The number of hydrogen-bond acceptors (Lipinski definition) is 5. The molecule has 0 spiro atoms. The Kier molecular flexibility index (Phi) is 6.50. The van der Waals surface area contributed by atoms with Gasteiger partial charge in [-0.2, -0.15) is 0 Å². The maximum Gasteiger partial charge on any atom is 0.337 e. The molecule has 0 aromatic heterocycles. The Morgan fingerprint density at radius 3 is 2.42 bits per heavy atom. The van der Waals surface area contributed by atoms with Crippen molar-refractivity contribution in [3.8, 4) is 5.75 Å². The van der Waals surface area contributed by atoms with Gasteiger partial charge in [-0.15, -0.1) is 0 Å². The lowest BCUT2D eigenvalue weighted by atomic mass is 10.0. The van der Waals surface area contributed by atoms with E-state index in [1.165, 1.54) is 7.11 Å². The maximum absolute atomic E-state index is 11.6. The summed E-state index contributed by atoms with van der Waals surface area (Å²) in [5.74, 6) is 1.31. The van der Waals surface area contributed by atoms with Crippen LogP contribution in [0.1, 0.15) is 49.5 Å². The molecule has 5 heteroatoms. The number of rotatable bonds is 7. The standard InChI is InChI=1S/C21H28N2O3/c1-13(2)12-26-20-9-7-16(11-17(20)14(3)4)23-19-8-6-15(10-18(19)22)21(24)25-5/h6-11,13-14,23H,12,22H2,1-5H3. The molecule has 3 N–H and O–H groups in total. The molecule has 0 aliphatic carbocycles. The minimum atomic E-state index is -0.406. The Morgan fingerprint density at radius 1 is 1.12 bits per heavy atom. The van der Waals surface area contributed by atoms with Crippen LogP contribution in [0.15, 0.2) is 36.4 Å². The summed E-state index contributed by atoms with van der Waals surface area (Å²) in [5.41, 5.74) is 9.79. The first kappa shape index (κ1) is 19.6. The molecular formula is C21H28N2O3. The van der Waals surface area contributed by atoms with Gasteiger partial charge in [0.25, 0.3) is 0 Å². The van der Waals surface area contributed by atoms with E-state index in [0.717, 1.165) is 22.7 Å². The summed E-state index contributed by atoms with van der Waals surface area (Å²) < 4.78 is 10.7. The van der Waals surface area contributed by atoms with E-state index < -0.39 is 5.97 Å². The third-order valence-electron chi connectivity index (χ3n) is 3.96. The first-order valence-corrected chi connectivity index (χ1v) is 8.83. The van der Waals surface area contributed by atoms with Crippen LogP contribution >= 0.6 is 0 Å². The number of nitrogens with one attached hydrogen (secondary N) is 1. The monoisotopic (exact) mass is 356 g/mol. The van der Waals surface area contributed by atoms with Crippen LogP contribution in [-0.4, -0.2) is 19.7 Å². The highest BCUT2D eigenvalue weighted by Gasteiger charge is 2.12. The average Bonchev–Trinajstić information content (AvgIpc) is 2.61. The highest BCUT2D eigenvalue weighted by atomic mass is 16.5. The fourth-order valence-electron chi connectivity index (χ4n) is 2.54. The van der Waals surface area contributed by atoms with Gasteiger partial charge in [-0.05, 0) is 53.8 Å². The van der Waals surface area contributed by atoms with Crippen molar-refractivity contribution in [3.05, 3.63) is 47.5 Å². The number of carbonyl (C=O) groups excluding carboxylic acids is 1. The predicted octanol–water partition coefficient (Wildman–Crippen LogP) is 4.96. The van der Waals surface area contributed by atoms with Crippen LogP contribution in [0.25, 0.3) is 0 Å². The molecule has 2 aromatic carbocycles. The molecule has 5 nitrogen and oxygen atoms in total. The topological polar surface area (TPSA) is 73.6 Å². The second-order valence-corrected chi connectivity index (χ2v) is 7.03. The Bertz CT molecular complexity index is 770. The molecule has 0 unspecified atom stereocenters. The minimum absolute atomic E-state index is 0.331. The van der Waals surface area contributed by atoms with Gasteiger partial charge in [0.05, 0.1) is 30.7 Å². The van der Waals surface area contributed by atoms with Crippen molar-refractivity contribution in [1.29, 1.82) is 0 Å². The van der Waals surface area contributed by atoms with E-state index >= 15 is 0 Å². The fourth-order valence-corrected chi connectivity index (χ4v) is 2.54. The van der Waals surface area contributed by atoms with Crippen LogP contribution in [-0.2, 0) is 4.74 Å². The Morgan fingerprint density at radius 2 is 1.85 bits per heavy atom. The highest BCUT2D eigenvalue weighted by Crippen LogP contribution is 2.32. The maximum atomic E-state index is 11.6. The predicted molar refractivity (Wildman–Crippen MR) is 106 cm³/mol. The van der Waals surface area contributed by atoms with Crippen molar-refractivity contribution in [2.24, 2.45) is 5.92 Å². The van der Waals surface area contributed by atoms with E-state index in [-0.39, 0.29) is 0 Å². The summed E-state index contributed by atoms with van der Waals surface area (Å²) in [5, 5.41) is 3.31. The van der Waals surface area contributed by atoms with Crippen molar-refractivity contribution < 1.29 is 14.3 Å². The number of carbonyl (C=O) groups is 1. The smallest absolute Gasteiger partial charge is 0.337 e. The first-order valence-electron chi connectivity index (χ1n) is 8.83. The first-order chi connectivity index (χ1) is 12.3. The number of benzene rings is 2. The number of methoxy groups -OCH3 is 1. The molecule has 0 saturated heterocycles. The molecule has 2 rings (SSSR count). The highest BCUT2D eigenvalue weighted by molar-refractivity contribution is 5.92. The van der Waals surface area contributed by atoms with E-state index in [9.17, 15) is 4.79 Å². The normalized spacial score (nSPS) is 10.9. The molecule has 0 saturated carbocycles. The Hall–Kier alpha value is -2.69. The van der Waals surface area contributed by atoms with Gasteiger partial charge >= 0.3 is 5.97 Å². The number of nitrogen functional groups attached to an aromatic ring is 1. The molecule has 2 aromatic rings.